The van der Waals surface area contributed by atoms with Crippen LogP contribution in [0.1, 0.15) is 0 Å². The molecular weight excluding hydrogens is 382 g/mol. The Morgan fingerprint density at radius 2 is 1.07 bits per heavy atom. The van der Waals surface area contributed by atoms with Gasteiger partial charge in [0.1, 0.15) is 0 Å². The monoisotopic (exact) mass is 415 g/mol. The molecule has 1 heterocycles. The van der Waals surface area contributed by atoms with Gasteiger partial charge in [0.05, 0.1) is 0 Å². The Morgan fingerprint density at radius 3 is 1.48 bits per heavy atom. The summed E-state index contributed by atoms with van der Waals surface area (Å²) in [5.41, 5.74) is 2.60. The highest BCUT2D eigenvalue weighted by atomic mass is 28.5. The van der Waals surface area contributed by atoms with Gasteiger partial charge in [0.15, 0.2) is 16.6 Å². The molecule has 0 aliphatic carbocycles. The lowest BCUT2D eigenvalue weighted by Gasteiger charge is -2.38. The third kappa shape index (κ3) is 5.00. The molecule has 3 aromatic rings. The van der Waals surface area contributed by atoms with Crippen molar-refractivity contribution in [3.63, 3.8) is 0 Å². The Labute approximate surface area is 166 Å². The van der Waals surface area contributed by atoms with E-state index in [9.17, 15) is 0 Å². The molecule has 0 bridgehead atoms. The van der Waals surface area contributed by atoms with Gasteiger partial charge in [-0.1, -0.05) is 36.4 Å². The van der Waals surface area contributed by atoms with Gasteiger partial charge in [-0.05, 0) is 58.0 Å². The lowest BCUT2D eigenvalue weighted by atomic mass is 10.2. The summed E-state index contributed by atoms with van der Waals surface area (Å²) in [6.45, 7) is 16.8. The second-order valence-electron chi connectivity index (χ2n) is 9.50. The van der Waals surface area contributed by atoms with E-state index in [1.54, 1.807) is 0 Å². The summed E-state index contributed by atoms with van der Waals surface area (Å²) >= 11 is 0. The molecule has 0 aliphatic heterocycles. The highest BCUT2D eigenvalue weighted by Gasteiger charge is 2.40. The quantitative estimate of drug-likeness (QED) is 0.407. The van der Waals surface area contributed by atoms with E-state index in [0.29, 0.717) is 0 Å². The number of benzene rings is 2. The number of rotatable bonds is 7. The minimum absolute atomic E-state index is 0.936. The predicted molar refractivity (Wildman–Crippen MR) is 125 cm³/mol. The molecule has 0 aliphatic rings. The average Bonchev–Trinajstić information content (AvgIpc) is 2.83. The molecule has 0 radical (unpaired) electrons. The molecule has 146 valence electrons. The van der Waals surface area contributed by atoms with Crippen LogP contribution in [-0.4, -0.2) is 29.8 Å². The zero-order chi connectivity index (χ0) is 19.9. The van der Waals surface area contributed by atoms with Gasteiger partial charge in [-0.15, -0.1) is 0 Å². The number of para-hydroxylation sites is 2. The molecule has 6 heteroatoms. The third-order valence-electron chi connectivity index (χ3n) is 4.51. The summed E-state index contributed by atoms with van der Waals surface area (Å²) in [5.74, 6) is 0. The van der Waals surface area contributed by atoms with E-state index in [2.05, 4.69) is 98.9 Å². The third-order valence-corrected chi connectivity index (χ3v) is 14.0. The summed E-state index contributed by atoms with van der Waals surface area (Å²) < 4.78 is 15.9. The SMILES string of the molecule is C[Si](C)(C)O[Si](C)(CCn1c2ccccc2c2ccccc21)O[Si](C)(C)C. The molecule has 3 rings (SSSR count). The maximum absolute atomic E-state index is 6.70. The first-order valence-electron chi connectivity index (χ1n) is 9.84. The van der Waals surface area contributed by atoms with E-state index >= 15 is 0 Å². The first kappa shape index (κ1) is 20.5. The van der Waals surface area contributed by atoms with Crippen molar-refractivity contribution in [3.8, 4) is 0 Å². The van der Waals surface area contributed by atoms with E-state index in [0.717, 1.165) is 12.6 Å². The van der Waals surface area contributed by atoms with Crippen LogP contribution in [0.2, 0.25) is 51.9 Å². The van der Waals surface area contributed by atoms with Crippen LogP contribution in [0.15, 0.2) is 48.5 Å². The minimum atomic E-state index is -2.25. The van der Waals surface area contributed by atoms with Gasteiger partial charge in [0.25, 0.3) is 0 Å². The summed E-state index contributed by atoms with van der Waals surface area (Å²) in [4.78, 5) is 0. The number of hydrogen-bond acceptors (Lipinski definition) is 2. The smallest absolute Gasteiger partial charge is 0.316 e. The van der Waals surface area contributed by atoms with Crippen molar-refractivity contribution in [1.29, 1.82) is 0 Å². The van der Waals surface area contributed by atoms with E-state index in [1.807, 2.05) is 0 Å². The van der Waals surface area contributed by atoms with E-state index in [-0.39, 0.29) is 0 Å². The largest absolute Gasteiger partial charge is 0.437 e. The maximum atomic E-state index is 6.70. The van der Waals surface area contributed by atoms with Gasteiger partial charge in [-0.25, -0.2) is 0 Å². The second kappa shape index (κ2) is 7.33. The normalized spacial score (nSPS) is 13.6. The number of fused-ring (bicyclic) bond motifs is 3. The van der Waals surface area contributed by atoms with Gasteiger partial charge in [-0.2, -0.15) is 0 Å². The van der Waals surface area contributed by atoms with E-state index < -0.39 is 25.2 Å². The molecule has 27 heavy (non-hydrogen) atoms. The van der Waals surface area contributed by atoms with Crippen molar-refractivity contribution >= 4 is 47.0 Å². The summed E-state index contributed by atoms with van der Waals surface area (Å²) in [7, 11) is -5.59. The first-order valence-corrected chi connectivity index (χ1v) is 19.2. The molecule has 2 aromatic carbocycles. The summed E-state index contributed by atoms with van der Waals surface area (Å²) in [6, 6.07) is 18.4. The molecule has 0 atom stereocenters. The van der Waals surface area contributed by atoms with Gasteiger partial charge in [0.2, 0.25) is 0 Å². The molecule has 1 aromatic heterocycles. The van der Waals surface area contributed by atoms with Crippen molar-refractivity contribution in [2.75, 3.05) is 0 Å². The predicted octanol–water partition coefficient (Wildman–Crippen LogP) is 6.57. The fourth-order valence-electron chi connectivity index (χ4n) is 3.98. The second-order valence-corrected chi connectivity index (χ2v) is 22.3. The summed E-state index contributed by atoms with van der Waals surface area (Å²) in [5, 5.41) is 2.65. The van der Waals surface area contributed by atoms with E-state index in [1.165, 1.54) is 21.8 Å². The van der Waals surface area contributed by atoms with Gasteiger partial charge in [0, 0.05) is 34.4 Å². The number of aryl methyl sites for hydroxylation is 1. The minimum Gasteiger partial charge on any atom is -0.437 e. The van der Waals surface area contributed by atoms with Gasteiger partial charge >= 0.3 is 8.56 Å². The lowest BCUT2D eigenvalue weighted by Crippen LogP contribution is -2.52. The van der Waals surface area contributed by atoms with Crippen LogP contribution in [0.4, 0.5) is 0 Å². The van der Waals surface area contributed by atoms with Crippen LogP contribution in [0.3, 0.4) is 0 Å². The maximum Gasteiger partial charge on any atom is 0.316 e. The van der Waals surface area contributed by atoms with Crippen molar-refractivity contribution < 1.29 is 8.23 Å². The van der Waals surface area contributed by atoms with E-state index in [4.69, 9.17) is 8.23 Å². The Kier molecular flexibility index (Phi) is 5.58. The zero-order valence-corrected chi connectivity index (χ0v) is 20.8. The molecule has 0 spiro atoms. The van der Waals surface area contributed by atoms with Crippen LogP contribution < -0.4 is 0 Å². The van der Waals surface area contributed by atoms with Crippen molar-refractivity contribution in [3.05, 3.63) is 48.5 Å². The molecule has 0 saturated carbocycles. The van der Waals surface area contributed by atoms with Gasteiger partial charge < -0.3 is 12.8 Å². The fraction of sp³-hybridized carbons (Fsp3) is 0.429. The molecule has 0 saturated heterocycles. The Balaban J connectivity index is 1.97. The molecule has 3 nitrogen and oxygen atoms in total. The number of aromatic nitrogens is 1. The molecule has 0 N–H and O–H groups in total. The van der Waals surface area contributed by atoms with Crippen LogP contribution in [0, 0.1) is 0 Å². The molecule has 0 amide bonds. The number of nitrogens with zero attached hydrogens (tertiary/aromatic N) is 1. The average molecular weight is 416 g/mol. The van der Waals surface area contributed by atoms with Crippen LogP contribution >= 0.6 is 0 Å². The van der Waals surface area contributed by atoms with Crippen molar-refractivity contribution in [2.24, 2.45) is 0 Å². The number of hydrogen-bond donors (Lipinski definition) is 0. The topological polar surface area (TPSA) is 23.4 Å². The standard InChI is InChI=1S/C21H33NO2Si3/c1-25(2,3)23-27(7,24-26(4,5)6)17-16-22-20-14-10-8-12-18(20)19-13-9-11-15-21(19)22/h8-15H,16-17H2,1-7H3. The van der Waals surface area contributed by atoms with Crippen LogP contribution in [-0.2, 0) is 14.8 Å². The van der Waals surface area contributed by atoms with Gasteiger partial charge in [-0.3, -0.25) is 0 Å². The van der Waals surface area contributed by atoms with Crippen molar-refractivity contribution in [2.45, 2.75) is 58.4 Å². The Bertz CT molecular complexity index is 869. The Morgan fingerprint density at radius 1 is 0.667 bits per heavy atom. The fourth-order valence-corrected chi connectivity index (χ4v) is 16.3. The first-order chi connectivity index (χ1) is 12.5. The molecular formula is C21H33NO2Si3. The highest BCUT2D eigenvalue weighted by Crippen LogP contribution is 2.31. The lowest BCUT2D eigenvalue weighted by molar-refractivity contribution is 0.380. The molecule has 0 fully saturated rings. The molecule has 0 unspecified atom stereocenters. The van der Waals surface area contributed by atoms with Crippen LogP contribution in [0.25, 0.3) is 21.8 Å². The van der Waals surface area contributed by atoms with Crippen molar-refractivity contribution in [1.82, 2.24) is 4.57 Å². The van der Waals surface area contributed by atoms with Crippen LogP contribution in [0.5, 0.6) is 0 Å². The summed E-state index contributed by atoms with van der Waals surface area (Å²) in [6.07, 6.45) is 0. The Hall–Kier alpha value is -1.19. The highest BCUT2D eigenvalue weighted by molar-refractivity contribution is 6.87. The zero-order valence-electron chi connectivity index (χ0n) is 17.8.